The highest BCUT2D eigenvalue weighted by atomic mass is 35.5. The van der Waals surface area contributed by atoms with Gasteiger partial charge in [-0.25, -0.2) is 0 Å². The number of halogens is 1. The number of rotatable bonds is 3. The lowest BCUT2D eigenvalue weighted by atomic mass is 10.4. The second-order valence-corrected chi connectivity index (χ2v) is 3.41. The van der Waals surface area contributed by atoms with Crippen LogP contribution in [0.2, 0.25) is 5.15 Å². The summed E-state index contributed by atoms with van der Waals surface area (Å²) in [6.07, 6.45) is 5.33. The molecule has 78 valence electrons. The Hall–Kier alpha value is -1.55. The molecule has 4 nitrogen and oxygen atoms in total. The Kier molecular flexibility index (Phi) is 2.87. The van der Waals surface area contributed by atoms with E-state index in [0.717, 1.165) is 17.9 Å². The normalized spacial score (nSPS) is 10.3. The molecule has 0 saturated heterocycles. The van der Waals surface area contributed by atoms with Crippen molar-refractivity contribution in [1.29, 1.82) is 0 Å². The van der Waals surface area contributed by atoms with Gasteiger partial charge in [-0.3, -0.25) is 9.67 Å². The molecular formula is C10H11ClN4. The van der Waals surface area contributed by atoms with Crippen LogP contribution < -0.4 is 5.32 Å². The number of aromatic nitrogens is 3. The van der Waals surface area contributed by atoms with Crippen LogP contribution in [0.4, 0.5) is 11.4 Å². The van der Waals surface area contributed by atoms with Gasteiger partial charge in [-0.05, 0) is 19.1 Å². The molecule has 0 bridgehead atoms. The van der Waals surface area contributed by atoms with Gasteiger partial charge in [-0.2, -0.15) is 5.10 Å². The van der Waals surface area contributed by atoms with E-state index in [0.29, 0.717) is 5.15 Å². The molecule has 0 aliphatic rings. The van der Waals surface area contributed by atoms with Crippen LogP contribution in [0.25, 0.3) is 0 Å². The number of nitrogens with zero attached hydrogens (tertiary/aromatic N) is 3. The summed E-state index contributed by atoms with van der Waals surface area (Å²) in [6.45, 7) is 2.81. The van der Waals surface area contributed by atoms with Crippen molar-refractivity contribution in [3.05, 3.63) is 35.9 Å². The lowest BCUT2D eigenvalue weighted by Crippen LogP contribution is -1.93. The van der Waals surface area contributed by atoms with Crippen molar-refractivity contribution in [3.63, 3.8) is 0 Å². The maximum absolute atomic E-state index is 5.96. The van der Waals surface area contributed by atoms with E-state index < -0.39 is 0 Å². The topological polar surface area (TPSA) is 42.7 Å². The molecule has 0 spiro atoms. The maximum atomic E-state index is 5.96. The van der Waals surface area contributed by atoms with Gasteiger partial charge in [0.05, 0.1) is 23.8 Å². The summed E-state index contributed by atoms with van der Waals surface area (Å²) in [5.41, 5.74) is 1.70. The Balaban J connectivity index is 2.21. The van der Waals surface area contributed by atoms with E-state index in [1.54, 1.807) is 17.1 Å². The Morgan fingerprint density at radius 2 is 2.40 bits per heavy atom. The minimum atomic E-state index is 0.473. The lowest BCUT2D eigenvalue weighted by molar-refractivity contribution is 0.660. The van der Waals surface area contributed by atoms with Crippen molar-refractivity contribution in [3.8, 4) is 0 Å². The standard InChI is InChI=1S/C10H11ClN4/c1-2-15-7-9(10(11)14-15)13-8-4-3-5-12-6-8/h3-7,13H,2H2,1H3. The van der Waals surface area contributed by atoms with Gasteiger partial charge in [0.1, 0.15) is 0 Å². The van der Waals surface area contributed by atoms with Crippen molar-refractivity contribution in [2.75, 3.05) is 5.32 Å². The number of anilines is 2. The van der Waals surface area contributed by atoms with E-state index >= 15 is 0 Å². The van der Waals surface area contributed by atoms with Crippen LogP contribution in [0.3, 0.4) is 0 Å². The molecular weight excluding hydrogens is 212 g/mol. The molecule has 0 atom stereocenters. The molecule has 0 aliphatic carbocycles. The first-order chi connectivity index (χ1) is 7.29. The molecule has 0 radical (unpaired) electrons. The second kappa shape index (κ2) is 4.31. The number of hydrogen-bond donors (Lipinski definition) is 1. The Labute approximate surface area is 92.9 Å². The van der Waals surface area contributed by atoms with E-state index in [1.165, 1.54) is 0 Å². The zero-order chi connectivity index (χ0) is 10.7. The Morgan fingerprint density at radius 3 is 3.00 bits per heavy atom. The Morgan fingerprint density at radius 1 is 1.53 bits per heavy atom. The molecule has 0 unspecified atom stereocenters. The second-order valence-electron chi connectivity index (χ2n) is 3.06. The molecule has 0 amide bonds. The number of hydrogen-bond acceptors (Lipinski definition) is 3. The molecule has 0 aliphatic heterocycles. The number of nitrogens with one attached hydrogen (secondary N) is 1. The van der Waals surface area contributed by atoms with Gasteiger partial charge in [0.2, 0.25) is 0 Å². The molecule has 5 heteroatoms. The van der Waals surface area contributed by atoms with Crippen molar-refractivity contribution in [2.24, 2.45) is 0 Å². The third-order valence-corrected chi connectivity index (χ3v) is 2.26. The molecule has 0 aromatic carbocycles. The van der Waals surface area contributed by atoms with Crippen LogP contribution in [0, 0.1) is 0 Å². The van der Waals surface area contributed by atoms with Crippen molar-refractivity contribution in [2.45, 2.75) is 13.5 Å². The molecule has 2 aromatic heterocycles. The summed E-state index contributed by atoms with van der Waals surface area (Å²) in [4.78, 5) is 4.00. The summed E-state index contributed by atoms with van der Waals surface area (Å²) >= 11 is 5.96. The van der Waals surface area contributed by atoms with Crippen LogP contribution >= 0.6 is 11.6 Å². The zero-order valence-corrected chi connectivity index (χ0v) is 9.07. The average Bonchev–Trinajstić information content (AvgIpc) is 2.61. The predicted molar refractivity (Wildman–Crippen MR) is 60.4 cm³/mol. The van der Waals surface area contributed by atoms with Crippen molar-refractivity contribution >= 4 is 23.0 Å². The van der Waals surface area contributed by atoms with Crippen molar-refractivity contribution < 1.29 is 0 Å². The number of aryl methyl sites for hydroxylation is 1. The summed E-state index contributed by atoms with van der Waals surface area (Å²) in [5.74, 6) is 0. The van der Waals surface area contributed by atoms with Crippen LogP contribution in [0.15, 0.2) is 30.7 Å². The van der Waals surface area contributed by atoms with Crippen molar-refractivity contribution in [1.82, 2.24) is 14.8 Å². The van der Waals surface area contributed by atoms with Gasteiger partial charge >= 0.3 is 0 Å². The first-order valence-electron chi connectivity index (χ1n) is 4.69. The smallest absolute Gasteiger partial charge is 0.174 e. The van der Waals surface area contributed by atoms with Crippen LogP contribution in [0.1, 0.15) is 6.92 Å². The lowest BCUT2D eigenvalue weighted by Gasteiger charge is -2.01. The van der Waals surface area contributed by atoms with E-state index in [4.69, 9.17) is 11.6 Å². The highest BCUT2D eigenvalue weighted by Gasteiger charge is 2.05. The van der Waals surface area contributed by atoms with E-state index in [9.17, 15) is 0 Å². The van der Waals surface area contributed by atoms with Gasteiger partial charge in [0.15, 0.2) is 5.15 Å². The predicted octanol–water partition coefficient (Wildman–Crippen LogP) is 2.70. The van der Waals surface area contributed by atoms with Crippen LogP contribution in [-0.4, -0.2) is 14.8 Å². The zero-order valence-electron chi connectivity index (χ0n) is 8.31. The third kappa shape index (κ3) is 2.27. The van der Waals surface area contributed by atoms with Gasteiger partial charge in [0, 0.05) is 12.7 Å². The minimum Gasteiger partial charge on any atom is -0.350 e. The van der Waals surface area contributed by atoms with Gasteiger partial charge in [0.25, 0.3) is 0 Å². The SMILES string of the molecule is CCn1cc(Nc2cccnc2)c(Cl)n1. The molecule has 2 rings (SSSR count). The van der Waals surface area contributed by atoms with Gasteiger partial charge in [-0.1, -0.05) is 11.6 Å². The fourth-order valence-electron chi connectivity index (χ4n) is 1.24. The van der Waals surface area contributed by atoms with Gasteiger partial charge in [-0.15, -0.1) is 0 Å². The summed E-state index contributed by atoms with van der Waals surface area (Å²) in [7, 11) is 0. The first-order valence-corrected chi connectivity index (χ1v) is 5.07. The number of pyridine rings is 1. The van der Waals surface area contributed by atoms with E-state index in [1.807, 2.05) is 25.3 Å². The van der Waals surface area contributed by atoms with Crippen LogP contribution in [-0.2, 0) is 6.54 Å². The average molecular weight is 223 g/mol. The molecule has 2 aromatic rings. The maximum Gasteiger partial charge on any atom is 0.174 e. The highest BCUT2D eigenvalue weighted by Crippen LogP contribution is 2.23. The van der Waals surface area contributed by atoms with E-state index in [-0.39, 0.29) is 0 Å². The fraction of sp³-hybridized carbons (Fsp3) is 0.200. The summed E-state index contributed by atoms with van der Waals surface area (Å²) in [6, 6.07) is 3.78. The van der Waals surface area contributed by atoms with Crippen LogP contribution in [0.5, 0.6) is 0 Å². The summed E-state index contributed by atoms with van der Waals surface area (Å²) in [5, 5.41) is 7.75. The first kappa shape index (κ1) is 9.98. The Bertz CT molecular complexity index is 438. The largest absolute Gasteiger partial charge is 0.350 e. The van der Waals surface area contributed by atoms with Gasteiger partial charge < -0.3 is 5.32 Å². The molecule has 15 heavy (non-hydrogen) atoms. The highest BCUT2D eigenvalue weighted by molar-refractivity contribution is 6.32. The third-order valence-electron chi connectivity index (χ3n) is 1.98. The minimum absolute atomic E-state index is 0.473. The molecule has 2 heterocycles. The molecule has 1 N–H and O–H groups in total. The monoisotopic (exact) mass is 222 g/mol. The summed E-state index contributed by atoms with van der Waals surface area (Å²) < 4.78 is 1.78. The molecule has 0 fully saturated rings. The van der Waals surface area contributed by atoms with E-state index in [2.05, 4.69) is 15.4 Å². The fourth-order valence-corrected chi connectivity index (χ4v) is 1.43. The molecule has 0 saturated carbocycles. The quantitative estimate of drug-likeness (QED) is 0.868.